The summed E-state index contributed by atoms with van der Waals surface area (Å²) in [7, 11) is 1.59. The number of halogens is 1. The molecule has 0 saturated carbocycles. The number of hydrogen-bond acceptors (Lipinski definition) is 3. The first kappa shape index (κ1) is 16.9. The van der Waals surface area contributed by atoms with Gasteiger partial charge in [0.15, 0.2) is 0 Å². The first-order valence-corrected chi connectivity index (χ1v) is 8.10. The Morgan fingerprint density at radius 1 is 0.920 bits per heavy atom. The highest BCUT2D eigenvalue weighted by Gasteiger charge is 2.11. The Morgan fingerprint density at radius 3 is 2.40 bits per heavy atom. The molecule has 0 bridgehead atoms. The van der Waals surface area contributed by atoms with Gasteiger partial charge in [-0.3, -0.25) is 4.79 Å². The molecule has 126 valence electrons. The molecule has 0 aromatic heterocycles. The zero-order chi connectivity index (χ0) is 17.6. The summed E-state index contributed by atoms with van der Waals surface area (Å²) in [4.78, 5) is 12.5. The number of methoxy groups -OCH3 is 1. The lowest BCUT2D eigenvalue weighted by Crippen LogP contribution is -2.12. The fraction of sp³-hybridized carbons (Fsp3) is 0.0500. The number of nitrogens with one attached hydrogen (secondary N) is 2. The van der Waals surface area contributed by atoms with Crippen LogP contribution in [-0.2, 0) is 0 Å². The Hall–Kier alpha value is -2.98. The van der Waals surface area contributed by atoms with Crippen molar-refractivity contribution >= 4 is 34.6 Å². The van der Waals surface area contributed by atoms with Crippen LogP contribution in [0.25, 0.3) is 0 Å². The van der Waals surface area contributed by atoms with Crippen LogP contribution < -0.4 is 15.4 Å². The number of ether oxygens (including phenoxy) is 1. The van der Waals surface area contributed by atoms with Crippen LogP contribution in [-0.4, -0.2) is 13.0 Å². The van der Waals surface area contributed by atoms with Crippen molar-refractivity contribution in [1.29, 1.82) is 0 Å². The molecule has 4 nitrogen and oxygen atoms in total. The van der Waals surface area contributed by atoms with Gasteiger partial charge in [0, 0.05) is 22.0 Å². The topological polar surface area (TPSA) is 50.4 Å². The van der Waals surface area contributed by atoms with Crippen LogP contribution in [0.15, 0.2) is 72.8 Å². The number of carbonyl (C=O) groups excluding carboxylic acids is 1. The number of anilines is 3. The van der Waals surface area contributed by atoms with Crippen molar-refractivity contribution in [2.45, 2.75) is 0 Å². The molecule has 5 heteroatoms. The lowest BCUT2D eigenvalue weighted by molar-refractivity contribution is 0.102. The molecular weight excluding hydrogens is 336 g/mol. The SMILES string of the molecule is COc1ccc(C(=O)Nc2ccccc2)cc1Nc1cccc(Cl)c1. The molecular formula is C20H17ClN2O2. The van der Waals surface area contributed by atoms with E-state index in [2.05, 4.69) is 10.6 Å². The number of rotatable bonds is 5. The Morgan fingerprint density at radius 2 is 1.68 bits per heavy atom. The van der Waals surface area contributed by atoms with Crippen LogP contribution in [0.5, 0.6) is 5.75 Å². The summed E-state index contributed by atoms with van der Waals surface area (Å²) in [5.41, 5.74) is 2.76. The molecule has 0 spiro atoms. The van der Waals surface area contributed by atoms with Crippen LogP contribution in [0, 0.1) is 0 Å². The van der Waals surface area contributed by atoms with E-state index in [0.717, 1.165) is 11.4 Å². The summed E-state index contributed by atoms with van der Waals surface area (Å²) in [6.45, 7) is 0. The highest BCUT2D eigenvalue weighted by atomic mass is 35.5. The minimum Gasteiger partial charge on any atom is -0.495 e. The van der Waals surface area contributed by atoms with Gasteiger partial charge in [-0.25, -0.2) is 0 Å². The number of para-hydroxylation sites is 1. The summed E-state index contributed by atoms with van der Waals surface area (Å²) >= 11 is 6.02. The van der Waals surface area contributed by atoms with Crippen molar-refractivity contribution in [2.75, 3.05) is 17.7 Å². The van der Waals surface area contributed by atoms with E-state index >= 15 is 0 Å². The van der Waals surface area contributed by atoms with E-state index in [9.17, 15) is 4.79 Å². The van der Waals surface area contributed by atoms with Gasteiger partial charge in [0.05, 0.1) is 12.8 Å². The Kier molecular flexibility index (Phi) is 5.21. The second-order valence-electron chi connectivity index (χ2n) is 5.37. The van der Waals surface area contributed by atoms with E-state index in [1.807, 2.05) is 42.5 Å². The van der Waals surface area contributed by atoms with Gasteiger partial charge in [-0.05, 0) is 48.5 Å². The van der Waals surface area contributed by atoms with E-state index in [0.29, 0.717) is 22.0 Å². The van der Waals surface area contributed by atoms with Gasteiger partial charge in [-0.1, -0.05) is 35.9 Å². The quantitative estimate of drug-likeness (QED) is 0.651. The Balaban J connectivity index is 1.85. The normalized spacial score (nSPS) is 10.2. The molecule has 3 rings (SSSR count). The predicted molar refractivity (Wildman–Crippen MR) is 102 cm³/mol. The van der Waals surface area contributed by atoms with Gasteiger partial charge < -0.3 is 15.4 Å². The van der Waals surface area contributed by atoms with Crippen molar-refractivity contribution in [3.05, 3.63) is 83.4 Å². The maximum Gasteiger partial charge on any atom is 0.255 e. The van der Waals surface area contributed by atoms with Gasteiger partial charge in [0.1, 0.15) is 5.75 Å². The molecule has 0 saturated heterocycles. The molecule has 0 radical (unpaired) electrons. The van der Waals surface area contributed by atoms with Gasteiger partial charge in [0.2, 0.25) is 0 Å². The highest BCUT2D eigenvalue weighted by Crippen LogP contribution is 2.30. The smallest absolute Gasteiger partial charge is 0.255 e. The zero-order valence-corrected chi connectivity index (χ0v) is 14.4. The van der Waals surface area contributed by atoms with Gasteiger partial charge in [-0.2, -0.15) is 0 Å². The molecule has 0 heterocycles. The third-order valence-corrected chi connectivity index (χ3v) is 3.83. The predicted octanol–water partition coefficient (Wildman–Crippen LogP) is 5.34. The molecule has 3 aromatic rings. The number of hydrogen-bond donors (Lipinski definition) is 2. The second-order valence-corrected chi connectivity index (χ2v) is 5.81. The maximum absolute atomic E-state index is 12.5. The molecule has 1 amide bonds. The van der Waals surface area contributed by atoms with E-state index < -0.39 is 0 Å². The second kappa shape index (κ2) is 7.73. The molecule has 0 unspecified atom stereocenters. The molecule has 0 aliphatic carbocycles. The van der Waals surface area contributed by atoms with E-state index in [1.165, 1.54) is 0 Å². The largest absolute Gasteiger partial charge is 0.495 e. The third kappa shape index (κ3) is 4.31. The van der Waals surface area contributed by atoms with Crippen molar-refractivity contribution in [2.24, 2.45) is 0 Å². The Bertz CT molecular complexity index is 882. The first-order valence-electron chi connectivity index (χ1n) is 7.73. The van der Waals surface area contributed by atoms with Crippen molar-refractivity contribution in [3.8, 4) is 5.75 Å². The van der Waals surface area contributed by atoms with Crippen LogP contribution in [0.3, 0.4) is 0 Å². The summed E-state index contributed by atoms with van der Waals surface area (Å²) in [5, 5.41) is 6.73. The summed E-state index contributed by atoms with van der Waals surface area (Å²) < 4.78 is 5.37. The van der Waals surface area contributed by atoms with E-state index in [-0.39, 0.29) is 5.91 Å². The van der Waals surface area contributed by atoms with Crippen LogP contribution in [0.2, 0.25) is 5.02 Å². The van der Waals surface area contributed by atoms with Crippen LogP contribution >= 0.6 is 11.6 Å². The van der Waals surface area contributed by atoms with Crippen LogP contribution in [0.1, 0.15) is 10.4 Å². The molecule has 0 aliphatic heterocycles. The minimum atomic E-state index is -0.192. The fourth-order valence-corrected chi connectivity index (χ4v) is 2.58. The van der Waals surface area contributed by atoms with Gasteiger partial charge in [0.25, 0.3) is 5.91 Å². The van der Waals surface area contributed by atoms with Crippen molar-refractivity contribution in [1.82, 2.24) is 0 Å². The van der Waals surface area contributed by atoms with Crippen molar-refractivity contribution < 1.29 is 9.53 Å². The molecule has 3 aromatic carbocycles. The van der Waals surface area contributed by atoms with Gasteiger partial charge in [-0.15, -0.1) is 0 Å². The maximum atomic E-state index is 12.5. The van der Waals surface area contributed by atoms with E-state index in [1.54, 1.807) is 37.4 Å². The lowest BCUT2D eigenvalue weighted by atomic mass is 10.1. The molecule has 0 fully saturated rings. The number of carbonyl (C=O) groups is 1. The third-order valence-electron chi connectivity index (χ3n) is 3.60. The molecule has 2 N–H and O–H groups in total. The molecule has 0 atom stereocenters. The summed E-state index contributed by atoms with van der Waals surface area (Å²) in [6.07, 6.45) is 0. The molecule has 0 aliphatic rings. The summed E-state index contributed by atoms with van der Waals surface area (Å²) in [5.74, 6) is 0.444. The van der Waals surface area contributed by atoms with E-state index in [4.69, 9.17) is 16.3 Å². The molecule has 25 heavy (non-hydrogen) atoms. The highest BCUT2D eigenvalue weighted by molar-refractivity contribution is 6.30. The van der Waals surface area contributed by atoms with Crippen molar-refractivity contribution in [3.63, 3.8) is 0 Å². The Labute approximate surface area is 151 Å². The zero-order valence-electron chi connectivity index (χ0n) is 13.6. The minimum absolute atomic E-state index is 0.192. The van der Waals surface area contributed by atoms with Gasteiger partial charge >= 0.3 is 0 Å². The fourth-order valence-electron chi connectivity index (χ4n) is 2.39. The average molecular weight is 353 g/mol. The average Bonchev–Trinajstić information content (AvgIpc) is 2.62. The standard InChI is InChI=1S/C20H17ClN2O2/c1-25-19-11-10-14(20(24)23-16-7-3-2-4-8-16)12-18(19)22-17-9-5-6-15(21)13-17/h2-13,22H,1H3,(H,23,24). The summed E-state index contributed by atoms with van der Waals surface area (Å²) in [6, 6.07) is 21.9. The number of benzene rings is 3. The monoisotopic (exact) mass is 352 g/mol. The lowest BCUT2D eigenvalue weighted by Gasteiger charge is -2.13. The first-order chi connectivity index (χ1) is 12.2. The number of amides is 1. The van der Waals surface area contributed by atoms with Crippen LogP contribution in [0.4, 0.5) is 17.1 Å².